The molecule has 0 aliphatic carbocycles. The highest BCUT2D eigenvalue weighted by atomic mass is 16.5. The van der Waals surface area contributed by atoms with Gasteiger partial charge in [0, 0.05) is 32.8 Å². The molecule has 2 fully saturated rings. The van der Waals surface area contributed by atoms with Crippen molar-refractivity contribution in [3.8, 4) is 0 Å². The van der Waals surface area contributed by atoms with Crippen molar-refractivity contribution in [1.29, 1.82) is 0 Å². The van der Waals surface area contributed by atoms with Gasteiger partial charge in [0.15, 0.2) is 0 Å². The third kappa shape index (κ3) is 4.94. The van der Waals surface area contributed by atoms with Crippen molar-refractivity contribution in [1.82, 2.24) is 9.80 Å². The van der Waals surface area contributed by atoms with Crippen LogP contribution in [0.4, 0.5) is 0 Å². The third-order valence-electron chi connectivity index (χ3n) is 4.75. The molecule has 0 spiro atoms. The summed E-state index contributed by atoms with van der Waals surface area (Å²) in [5.74, 6) is 0.317. The van der Waals surface area contributed by atoms with Gasteiger partial charge >= 0.3 is 0 Å². The number of ether oxygens (including phenoxy) is 1. The topological polar surface area (TPSA) is 58.8 Å². The molecule has 0 aromatic heterocycles. The Morgan fingerprint density at radius 2 is 1.86 bits per heavy atom. The summed E-state index contributed by atoms with van der Waals surface area (Å²) < 4.78 is 5.83. The lowest BCUT2D eigenvalue weighted by molar-refractivity contribution is -0.138. The van der Waals surface area contributed by atoms with Crippen LogP contribution >= 0.6 is 0 Å². The molecule has 1 amide bonds. The maximum atomic E-state index is 12.5. The molecule has 2 aliphatic rings. The van der Waals surface area contributed by atoms with Crippen LogP contribution in [0.5, 0.6) is 0 Å². The smallest absolute Gasteiger partial charge is 0.239 e. The van der Waals surface area contributed by atoms with Crippen molar-refractivity contribution in [3.05, 3.63) is 0 Å². The quantitative estimate of drug-likeness (QED) is 0.749. The van der Waals surface area contributed by atoms with Crippen molar-refractivity contribution in [2.75, 3.05) is 39.3 Å². The molecule has 2 N–H and O–H groups in total. The van der Waals surface area contributed by atoms with Gasteiger partial charge in [-0.3, -0.25) is 9.69 Å². The van der Waals surface area contributed by atoms with Gasteiger partial charge < -0.3 is 15.4 Å². The third-order valence-corrected chi connectivity index (χ3v) is 4.75. The van der Waals surface area contributed by atoms with E-state index in [9.17, 15) is 4.79 Å². The first-order valence-electron chi connectivity index (χ1n) is 8.57. The highest BCUT2D eigenvalue weighted by molar-refractivity contribution is 5.81. The molecule has 5 heteroatoms. The Labute approximate surface area is 128 Å². The van der Waals surface area contributed by atoms with Gasteiger partial charge in [0.2, 0.25) is 5.91 Å². The number of nitrogens with zero attached hydrogens (tertiary/aromatic N) is 2. The van der Waals surface area contributed by atoms with Gasteiger partial charge in [-0.25, -0.2) is 0 Å². The molecule has 21 heavy (non-hydrogen) atoms. The van der Waals surface area contributed by atoms with Crippen LogP contribution in [0.3, 0.4) is 0 Å². The second-order valence-electron chi connectivity index (χ2n) is 6.31. The van der Waals surface area contributed by atoms with Gasteiger partial charge in [-0.2, -0.15) is 0 Å². The fraction of sp³-hybridized carbons (Fsp3) is 0.938. The van der Waals surface area contributed by atoms with Crippen LogP contribution in [0.15, 0.2) is 0 Å². The van der Waals surface area contributed by atoms with Gasteiger partial charge in [-0.05, 0) is 52.0 Å². The molecular formula is C16H31N3O2. The molecule has 1 unspecified atom stereocenters. The number of nitrogens with two attached hydrogens (primary N) is 1. The minimum Gasteiger partial charge on any atom is -0.378 e. The van der Waals surface area contributed by atoms with Gasteiger partial charge in [-0.1, -0.05) is 0 Å². The number of amides is 1. The molecule has 2 aliphatic heterocycles. The second kappa shape index (κ2) is 8.71. The Bertz CT molecular complexity index is 311. The van der Waals surface area contributed by atoms with E-state index in [-0.39, 0.29) is 6.04 Å². The summed E-state index contributed by atoms with van der Waals surface area (Å²) in [6.45, 7) is 7.35. The standard InChI is InChI=1S/C16H31N3O2/c1-14(16(20)19-9-3-2-4-10-19)18-11-6-15(7-12-18)21-13-5-8-17/h14-15H,2-13,17H2,1H3. The van der Waals surface area contributed by atoms with E-state index in [0.717, 1.165) is 64.9 Å². The van der Waals surface area contributed by atoms with Crippen LogP contribution in [0.1, 0.15) is 45.4 Å². The maximum Gasteiger partial charge on any atom is 0.239 e. The largest absolute Gasteiger partial charge is 0.378 e. The highest BCUT2D eigenvalue weighted by Crippen LogP contribution is 2.18. The Balaban J connectivity index is 1.71. The molecule has 0 bridgehead atoms. The summed E-state index contributed by atoms with van der Waals surface area (Å²) in [6, 6.07) is 0.0214. The monoisotopic (exact) mass is 297 g/mol. The minimum absolute atomic E-state index is 0.0214. The Morgan fingerprint density at radius 1 is 1.19 bits per heavy atom. The predicted octanol–water partition coefficient (Wildman–Crippen LogP) is 1.22. The van der Waals surface area contributed by atoms with E-state index >= 15 is 0 Å². The number of likely N-dealkylation sites (tertiary alicyclic amines) is 2. The van der Waals surface area contributed by atoms with Crippen molar-refractivity contribution < 1.29 is 9.53 Å². The van der Waals surface area contributed by atoms with Gasteiger partial charge in [0.1, 0.15) is 0 Å². The van der Waals surface area contributed by atoms with E-state index in [1.807, 2.05) is 0 Å². The molecule has 0 aromatic rings. The van der Waals surface area contributed by atoms with Crippen molar-refractivity contribution in [2.24, 2.45) is 5.73 Å². The summed E-state index contributed by atoms with van der Waals surface area (Å²) in [7, 11) is 0. The Hall–Kier alpha value is -0.650. The Kier molecular flexibility index (Phi) is 6.93. The molecule has 2 heterocycles. The summed E-state index contributed by atoms with van der Waals surface area (Å²) in [6.07, 6.45) is 6.94. The van der Waals surface area contributed by atoms with Crippen LogP contribution < -0.4 is 5.73 Å². The SMILES string of the molecule is CC(C(=O)N1CCCCC1)N1CCC(OCCCN)CC1. The fourth-order valence-electron chi connectivity index (χ4n) is 3.30. The van der Waals surface area contributed by atoms with Crippen LogP contribution in [-0.2, 0) is 9.53 Å². The van der Waals surface area contributed by atoms with E-state index in [2.05, 4.69) is 16.7 Å². The van der Waals surface area contributed by atoms with E-state index in [1.165, 1.54) is 6.42 Å². The van der Waals surface area contributed by atoms with E-state index < -0.39 is 0 Å². The van der Waals surface area contributed by atoms with Crippen LogP contribution in [0.25, 0.3) is 0 Å². The molecule has 1 atom stereocenters. The van der Waals surface area contributed by atoms with Crippen molar-refractivity contribution in [3.63, 3.8) is 0 Å². The van der Waals surface area contributed by atoms with E-state index in [0.29, 0.717) is 18.6 Å². The maximum absolute atomic E-state index is 12.5. The summed E-state index contributed by atoms with van der Waals surface area (Å²) in [5, 5.41) is 0. The lowest BCUT2D eigenvalue weighted by Gasteiger charge is -2.38. The summed E-state index contributed by atoms with van der Waals surface area (Å²) in [5.41, 5.74) is 5.48. The molecule has 122 valence electrons. The zero-order chi connectivity index (χ0) is 15.1. The van der Waals surface area contributed by atoms with Crippen molar-refractivity contribution in [2.45, 2.75) is 57.6 Å². The summed E-state index contributed by atoms with van der Waals surface area (Å²) in [4.78, 5) is 16.9. The van der Waals surface area contributed by atoms with Crippen molar-refractivity contribution >= 4 is 5.91 Å². The molecule has 0 radical (unpaired) electrons. The number of hydrogen-bond acceptors (Lipinski definition) is 4. The number of hydrogen-bond donors (Lipinski definition) is 1. The molecule has 2 rings (SSSR count). The number of piperidine rings is 2. The van der Waals surface area contributed by atoms with E-state index in [1.54, 1.807) is 0 Å². The Morgan fingerprint density at radius 3 is 2.48 bits per heavy atom. The molecule has 0 aromatic carbocycles. The van der Waals surface area contributed by atoms with Gasteiger partial charge in [0.25, 0.3) is 0 Å². The average molecular weight is 297 g/mol. The van der Waals surface area contributed by atoms with Gasteiger partial charge in [0.05, 0.1) is 12.1 Å². The number of carbonyl (C=O) groups is 1. The molecule has 0 saturated carbocycles. The zero-order valence-corrected chi connectivity index (χ0v) is 13.4. The molecular weight excluding hydrogens is 266 g/mol. The minimum atomic E-state index is 0.0214. The summed E-state index contributed by atoms with van der Waals surface area (Å²) >= 11 is 0. The zero-order valence-electron chi connectivity index (χ0n) is 13.4. The van der Waals surface area contributed by atoms with Crippen LogP contribution in [0.2, 0.25) is 0 Å². The number of rotatable bonds is 6. The molecule has 5 nitrogen and oxygen atoms in total. The normalized spacial score (nSPS) is 23.2. The predicted molar refractivity (Wildman–Crippen MR) is 84.1 cm³/mol. The van der Waals surface area contributed by atoms with E-state index in [4.69, 9.17) is 10.5 Å². The van der Waals surface area contributed by atoms with Gasteiger partial charge in [-0.15, -0.1) is 0 Å². The first-order valence-corrected chi connectivity index (χ1v) is 8.57. The lowest BCUT2D eigenvalue weighted by Crippen LogP contribution is -2.51. The van der Waals surface area contributed by atoms with Crippen LogP contribution in [0, 0.1) is 0 Å². The first kappa shape index (κ1) is 16.7. The lowest BCUT2D eigenvalue weighted by atomic mass is 10.0. The first-order chi connectivity index (χ1) is 10.2. The second-order valence-corrected chi connectivity index (χ2v) is 6.31. The number of carbonyl (C=O) groups excluding carboxylic acids is 1. The fourth-order valence-corrected chi connectivity index (χ4v) is 3.30. The molecule has 2 saturated heterocycles. The average Bonchev–Trinajstić information content (AvgIpc) is 2.55. The highest BCUT2D eigenvalue weighted by Gasteiger charge is 2.29. The van der Waals surface area contributed by atoms with Crippen LogP contribution in [-0.4, -0.2) is 67.2 Å².